The molecule has 1 heterocycles. The Morgan fingerprint density at radius 1 is 1.32 bits per heavy atom. The molecular weight excluding hydrogens is 356 g/mol. The Morgan fingerprint density at radius 2 is 2.07 bits per heavy atom. The lowest BCUT2D eigenvalue weighted by Crippen LogP contribution is -2.45. The van der Waals surface area contributed by atoms with Crippen molar-refractivity contribution in [2.75, 3.05) is 33.3 Å². The van der Waals surface area contributed by atoms with Gasteiger partial charge >= 0.3 is 0 Å². The normalized spacial score (nSPS) is 18.1. The Bertz CT molecular complexity index is 663. The van der Waals surface area contributed by atoms with Crippen LogP contribution in [-0.2, 0) is 4.79 Å². The molecule has 1 amide bonds. The Kier molecular flexibility index (Phi) is 8.42. The molecule has 0 aliphatic carbocycles. The number of ether oxygens (including phenoxy) is 2. The van der Waals surface area contributed by atoms with Crippen LogP contribution in [0.15, 0.2) is 29.3 Å². The van der Waals surface area contributed by atoms with Crippen LogP contribution < -0.4 is 20.1 Å². The molecule has 2 rings (SSSR count). The number of methoxy groups -OCH3 is 1. The number of guanidine groups is 1. The number of carbonyl (C=O) groups excluding carboxylic acids is 1. The number of aliphatic imine (C=N–C) groups is 1. The van der Waals surface area contributed by atoms with Crippen LogP contribution in [0.5, 0.6) is 11.5 Å². The highest BCUT2D eigenvalue weighted by atomic mass is 16.5. The number of likely N-dealkylation sites (tertiary alicyclic amines) is 1. The second-order valence-electron chi connectivity index (χ2n) is 7.40. The number of amides is 1. The lowest BCUT2D eigenvalue weighted by Gasteiger charge is -2.21. The van der Waals surface area contributed by atoms with E-state index in [1.165, 1.54) is 0 Å². The van der Waals surface area contributed by atoms with Crippen molar-refractivity contribution in [2.45, 2.75) is 46.3 Å². The zero-order valence-corrected chi connectivity index (χ0v) is 17.7. The van der Waals surface area contributed by atoms with Crippen LogP contribution in [0.1, 0.15) is 34.1 Å². The third kappa shape index (κ3) is 6.62. The van der Waals surface area contributed by atoms with Crippen molar-refractivity contribution >= 4 is 11.9 Å². The smallest absolute Gasteiger partial charge is 0.225 e. The molecule has 1 fully saturated rings. The van der Waals surface area contributed by atoms with Crippen molar-refractivity contribution in [1.82, 2.24) is 15.5 Å². The van der Waals surface area contributed by atoms with Gasteiger partial charge < -0.3 is 25.0 Å². The average Bonchev–Trinajstić information content (AvgIpc) is 3.14. The van der Waals surface area contributed by atoms with Crippen LogP contribution in [0.2, 0.25) is 0 Å². The summed E-state index contributed by atoms with van der Waals surface area (Å²) in [5, 5.41) is 6.72. The summed E-state index contributed by atoms with van der Waals surface area (Å²) in [5.41, 5.74) is 0. The highest BCUT2D eigenvalue weighted by molar-refractivity contribution is 5.81. The van der Waals surface area contributed by atoms with E-state index in [-0.39, 0.29) is 24.0 Å². The molecule has 2 N–H and O–H groups in total. The van der Waals surface area contributed by atoms with E-state index < -0.39 is 0 Å². The number of hydrogen-bond donors (Lipinski definition) is 2. The maximum atomic E-state index is 12.2. The molecule has 156 valence electrons. The number of carbonyl (C=O) groups is 1. The molecule has 1 aromatic carbocycles. The quantitative estimate of drug-likeness (QED) is 0.526. The molecule has 1 saturated heterocycles. The van der Waals surface area contributed by atoms with Crippen molar-refractivity contribution in [2.24, 2.45) is 10.9 Å². The van der Waals surface area contributed by atoms with E-state index in [0.717, 1.165) is 43.5 Å². The second-order valence-corrected chi connectivity index (χ2v) is 7.40. The molecule has 28 heavy (non-hydrogen) atoms. The molecule has 0 radical (unpaired) electrons. The largest absolute Gasteiger partial charge is 0.497 e. The number of benzene rings is 1. The first-order valence-corrected chi connectivity index (χ1v) is 10.1. The second kappa shape index (κ2) is 10.8. The molecule has 1 aliphatic heterocycles. The molecule has 0 saturated carbocycles. The maximum Gasteiger partial charge on any atom is 0.225 e. The van der Waals surface area contributed by atoms with E-state index in [4.69, 9.17) is 9.47 Å². The molecule has 7 heteroatoms. The number of nitrogens with zero attached hydrogens (tertiary/aromatic N) is 2. The molecular formula is C21H34N4O3. The average molecular weight is 391 g/mol. The third-order valence-electron chi connectivity index (χ3n) is 4.56. The van der Waals surface area contributed by atoms with Gasteiger partial charge in [0, 0.05) is 37.7 Å². The fraction of sp³-hybridized carbons (Fsp3) is 0.619. The molecule has 0 bridgehead atoms. The summed E-state index contributed by atoms with van der Waals surface area (Å²) in [6, 6.07) is 7.78. The minimum atomic E-state index is -0.0786. The van der Waals surface area contributed by atoms with Crippen LogP contribution in [0.3, 0.4) is 0 Å². The van der Waals surface area contributed by atoms with E-state index in [2.05, 4.69) is 15.6 Å². The van der Waals surface area contributed by atoms with E-state index in [9.17, 15) is 4.79 Å². The fourth-order valence-corrected chi connectivity index (χ4v) is 3.12. The van der Waals surface area contributed by atoms with Crippen molar-refractivity contribution in [3.63, 3.8) is 0 Å². The van der Waals surface area contributed by atoms with E-state index in [1.807, 2.05) is 56.9 Å². The van der Waals surface area contributed by atoms with Gasteiger partial charge in [0.2, 0.25) is 5.91 Å². The maximum absolute atomic E-state index is 12.2. The Labute approximate surface area is 168 Å². The summed E-state index contributed by atoms with van der Waals surface area (Å²) in [5.74, 6) is 2.54. The summed E-state index contributed by atoms with van der Waals surface area (Å²) in [4.78, 5) is 18.7. The zero-order valence-electron chi connectivity index (χ0n) is 17.7. The minimum absolute atomic E-state index is 0.0373. The van der Waals surface area contributed by atoms with E-state index in [0.29, 0.717) is 6.54 Å². The molecule has 0 spiro atoms. The SMILES string of the molecule is CCNC(=NCC(C)Oc1cccc(OC)c1)NC1CCN(C(=O)C(C)C)C1. The van der Waals surface area contributed by atoms with Crippen molar-refractivity contribution in [3.05, 3.63) is 24.3 Å². The summed E-state index contributed by atoms with van der Waals surface area (Å²) in [6.45, 7) is 10.7. The van der Waals surface area contributed by atoms with Gasteiger partial charge in [0.15, 0.2) is 5.96 Å². The van der Waals surface area contributed by atoms with Gasteiger partial charge in [-0.05, 0) is 32.4 Å². The van der Waals surface area contributed by atoms with Gasteiger partial charge in [-0.25, -0.2) is 4.99 Å². The van der Waals surface area contributed by atoms with Crippen molar-refractivity contribution in [3.8, 4) is 11.5 Å². The van der Waals surface area contributed by atoms with Crippen molar-refractivity contribution < 1.29 is 14.3 Å². The van der Waals surface area contributed by atoms with Gasteiger partial charge in [-0.2, -0.15) is 0 Å². The predicted octanol–water partition coefficient (Wildman–Crippen LogP) is 2.27. The van der Waals surface area contributed by atoms with Gasteiger partial charge in [0.05, 0.1) is 13.7 Å². The Morgan fingerprint density at radius 3 is 2.75 bits per heavy atom. The van der Waals surface area contributed by atoms with Crippen LogP contribution in [0.25, 0.3) is 0 Å². The first kappa shape index (κ1) is 21.9. The predicted molar refractivity (Wildman–Crippen MR) is 112 cm³/mol. The molecule has 2 atom stereocenters. The molecule has 1 aliphatic rings. The fourth-order valence-electron chi connectivity index (χ4n) is 3.12. The topological polar surface area (TPSA) is 75.2 Å². The summed E-state index contributed by atoms with van der Waals surface area (Å²) < 4.78 is 11.2. The highest BCUT2D eigenvalue weighted by Crippen LogP contribution is 2.20. The highest BCUT2D eigenvalue weighted by Gasteiger charge is 2.27. The van der Waals surface area contributed by atoms with Crippen molar-refractivity contribution in [1.29, 1.82) is 0 Å². The Hall–Kier alpha value is -2.44. The number of nitrogens with one attached hydrogen (secondary N) is 2. The van der Waals surface area contributed by atoms with Gasteiger partial charge in [-0.15, -0.1) is 0 Å². The van der Waals surface area contributed by atoms with Gasteiger partial charge in [0.25, 0.3) is 0 Å². The van der Waals surface area contributed by atoms with Gasteiger partial charge in [-0.1, -0.05) is 19.9 Å². The van der Waals surface area contributed by atoms with Crippen LogP contribution in [0, 0.1) is 5.92 Å². The zero-order chi connectivity index (χ0) is 20.5. The van der Waals surface area contributed by atoms with E-state index >= 15 is 0 Å². The molecule has 2 unspecified atom stereocenters. The first-order chi connectivity index (χ1) is 13.4. The van der Waals surface area contributed by atoms with Crippen LogP contribution in [-0.4, -0.2) is 62.2 Å². The van der Waals surface area contributed by atoms with Crippen LogP contribution >= 0.6 is 0 Å². The summed E-state index contributed by atoms with van der Waals surface area (Å²) in [6.07, 6.45) is 0.851. The Balaban J connectivity index is 1.88. The number of hydrogen-bond acceptors (Lipinski definition) is 4. The third-order valence-corrected chi connectivity index (χ3v) is 4.56. The summed E-state index contributed by atoms with van der Waals surface area (Å²) in [7, 11) is 1.64. The van der Waals surface area contributed by atoms with Gasteiger partial charge in [-0.3, -0.25) is 4.79 Å². The van der Waals surface area contributed by atoms with Crippen LogP contribution in [0.4, 0.5) is 0 Å². The monoisotopic (exact) mass is 390 g/mol. The molecule has 1 aromatic rings. The molecule has 0 aromatic heterocycles. The first-order valence-electron chi connectivity index (χ1n) is 10.1. The van der Waals surface area contributed by atoms with Gasteiger partial charge in [0.1, 0.15) is 17.6 Å². The standard InChI is InChI=1S/C21H34N4O3/c1-6-22-21(24-17-10-11-25(14-17)20(26)15(2)3)23-13-16(4)28-19-9-7-8-18(12-19)27-5/h7-9,12,15-17H,6,10-11,13-14H2,1-5H3,(H2,22,23,24). The number of rotatable bonds is 8. The lowest BCUT2D eigenvalue weighted by atomic mass is 10.2. The lowest BCUT2D eigenvalue weighted by molar-refractivity contribution is -0.133. The van der Waals surface area contributed by atoms with E-state index in [1.54, 1.807) is 7.11 Å². The molecule has 7 nitrogen and oxygen atoms in total. The minimum Gasteiger partial charge on any atom is -0.497 e. The summed E-state index contributed by atoms with van der Waals surface area (Å²) >= 11 is 0.